The molecule has 0 radical (unpaired) electrons. The van der Waals surface area contributed by atoms with Gasteiger partial charge < -0.3 is 15.3 Å². The Bertz CT molecular complexity index is 827. The van der Waals surface area contributed by atoms with Crippen LogP contribution in [-0.2, 0) is 11.2 Å². The van der Waals surface area contributed by atoms with E-state index in [2.05, 4.69) is 5.32 Å². The molecule has 3 rings (SSSR count). The number of nitrogens with one attached hydrogen (secondary N) is 1. The summed E-state index contributed by atoms with van der Waals surface area (Å²) < 4.78 is 0. The van der Waals surface area contributed by atoms with Crippen molar-refractivity contribution in [2.45, 2.75) is 25.3 Å². The Morgan fingerprint density at radius 2 is 1.52 bits per heavy atom. The third-order valence-electron chi connectivity index (χ3n) is 4.78. The summed E-state index contributed by atoms with van der Waals surface area (Å²) in [6.45, 7) is 1.16. The van der Waals surface area contributed by atoms with Crippen molar-refractivity contribution in [3.05, 3.63) is 71.3 Å². The first-order valence-electron chi connectivity index (χ1n) is 8.99. The minimum Gasteiger partial charge on any atom is -0.478 e. The summed E-state index contributed by atoms with van der Waals surface area (Å²) in [5.74, 6) is -1.42. The van der Waals surface area contributed by atoms with Crippen molar-refractivity contribution in [1.29, 1.82) is 0 Å². The van der Waals surface area contributed by atoms with Crippen LogP contribution < -0.4 is 5.32 Å². The van der Waals surface area contributed by atoms with Crippen molar-refractivity contribution in [2.24, 2.45) is 0 Å². The van der Waals surface area contributed by atoms with Crippen LogP contribution in [0.25, 0.3) is 0 Å². The average molecular weight is 366 g/mol. The Kier molecular flexibility index (Phi) is 5.86. The number of piperidine rings is 1. The molecule has 1 saturated heterocycles. The van der Waals surface area contributed by atoms with Crippen LogP contribution in [0.4, 0.5) is 0 Å². The molecule has 0 saturated carbocycles. The van der Waals surface area contributed by atoms with E-state index in [0.29, 0.717) is 32.4 Å². The predicted octanol–water partition coefficient (Wildman–Crippen LogP) is 2.35. The third-order valence-corrected chi connectivity index (χ3v) is 4.78. The number of aromatic carboxylic acids is 1. The molecule has 1 heterocycles. The van der Waals surface area contributed by atoms with Gasteiger partial charge in [-0.15, -0.1) is 0 Å². The fourth-order valence-electron chi connectivity index (χ4n) is 3.29. The molecule has 0 spiro atoms. The zero-order chi connectivity index (χ0) is 19.2. The fourth-order valence-corrected chi connectivity index (χ4v) is 3.29. The number of carbonyl (C=O) groups excluding carboxylic acids is 2. The van der Waals surface area contributed by atoms with Crippen molar-refractivity contribution in [3.63, 3.8) is 0 Å². The second-order valence-corrected chi connectivity index (χ2v) is 6.64. The van der Waals surface area contributed by atoms with Gasteiger partial charge in [-0.05, 0) is 30.5 Å². The molecule has 2 aromatic carbocycles. The fraction of sp³-hybridized carbons (Fsp3) is 0.286. The van der Waals surface area contributed by atoms with Gasteiger partial charge in [-0.1, -0.05) is 42.5 Å². The molecular weight excluding hydrogens is 344 g/mol. The number of carboxylic acids is 1. The number of amides is 2. The van der Waals surface area contributed by atoms with Crippen molar-refractivity contribution in [3.8, 4) is 0 Å². The van der Waals surface area contributed by atoms with E-state index in [1.165, 1.54) is 12.1 Å². The van der Waals surface area contributed by atoms with E-state index in [4.69, 9.17) is 0 Å². The maximum atomic E-state index is 12.4. The smallest absolute Gasteiger partial charge is 0.336 e. The van der Waals surface area contributed by atoms with E-state index in [9.17, 15) is 19.5 Å². The molecule has 2 amide bonds. The minimum absolute atomic E-state index is 0.00882. The average Bonchev–Trinajstić information content (AvgIpc) is 2.69. The summed E-state index contributed by atoms with van der Waals surface area (Å²) in [5.41, 5.74) is 1.14. The molecule has 27 heavy (non-hydrogen) atoms. The molecular formula is C21H22N2O4. The molecule has 1 fully saturated rings. The summed E-state index contributed by atoms with van der Waals surface area (Å²) in [6.07, 6.45) is 1.69. The Labute approximate surface area is 157 Å². The van der Waals surface area contributed by atoms with Gasteiger partial charge in [-0.2, -0.15) is 0 Å². The highest BCUT2D eigenvalue weighted by Crippen LogP contribution is 2.15. The van der Waals surface area contributed by atoms with Gasteiger partial charge >= 0.3 is 5.97 Å². The lowest BCUT2D eigenvalue weighted by atomic mass is 10.0. The van der Waals surface area contributed by atoms with Gasteiger partial charge in [0.15, 0.2) is 0 Å². The Morgan fingerprint density at radius 3 is 2.15 bits per heavy atom. The maximum Gasteiger partial charge on any atom is 0.336 e. The van der Waals surface area contributed by atoms with Crippen LogP contribution in [0.1, 0.15) is 39.1 Å². The lowest BCUT2D eigenvalue weighted by Crippen LogP contribution is -2.47. The maximum absolute atomic E-state index is 12.4. The summed E-state index contributed by atoms with van der Waals surface area (Å²) in [4.78, 5) is 37.9. The second kappa shape index (κ2) is 8.49. The van der Waals surface area contributed by atoms with Crippen LogP contribution in [0.5, 0.6) is 0 Å². The summed E-state index contributed by atoms with van der Waals surface area (Å²) in [7, 11) is 0. The van der Waals surface area contributed by atoms with Crippen molar-refractivity contribution < 1.29 is 19.5 Å². The number of hydrogen-bond acceptors (Lipinski definition) is 3. The van der Waals surface area contributed by atoms with E-state index in [0.717, 1.165) is 5.56 Å². The van der Waals surface area contributed by atoms with Crippen molar-refractivity contribution in [2.75, 3.05) is 13.1 Å². The topological polar surface area (TPSA) is 86.7 Å². The van der Waals surface area contributed by atoms with Gasteiger partial charge in [0, 0.05) is 19.1 Å². The van der Waals surface area contributed by atoms with Gasteiger partial charge in [0.2, 0.25) is 5.91 Å². The monoisotopic (exact) mass is 366 g/mol. The van der Waals surface area contributed by atoms with E-state index < -0.39 is 5.97 Å². The molecule has 0 unspecified atom stereocenters. The van der Waals surface area contributed by atoms with E-state index in [1.807, 2.05) is 35.2 Å². The summed E-state index contributed by atoms with van der Waals surface area (Å²) >= 11 is 0. The molecule has 1 aliphatic heterocycles. The van der Waals surface area contributed by atoms with Crippen LogP contribution in [0.15, 0.2) is 54.6 Å². The highest BCUT2D eigenvalue weighted by atomic mass is 16.4. The Balaban J connectivity index is 1.53. The first-order valence-corrected chi connectivity index (χ1v) is 8.99. The number of carbonyl (C=O) groups is 3. The molecule has 2 N–H and O–H groups in total. The second-order valence-electron chi connectivity index (χ2n) is 6.64. The predicted molar refractivity (Wildman–Crippen MR) is 101 cm³/mol. The number of nitrogens with zero attached hydrogens (tertiary/aromatic N) is 1. The zero-order valence-electron chi connectivity index (χ0n) is 14.9. The lowest BCUT2D eigenvalue weighted by molar-refractivity contribution is -0.131. The molecule has 6 nitrogen and oxygen atoms in total. The Hall–Kier alpha value is -3.15. The first kappa shape index (κ1) is 18.6. The van der Waals surface area contributed by atoms with Crippen LogP contribution in [0.3, 0.4) is 0 Å². The summed E-state index contributed by atoms with van der Waals surface area (Å²) in [5, 5.41) is 12.1. The Morgan fingerprint density at radius 1 is 0.926 bits per heavy atom. The first-order chi connectivity index (χ1) is 13.0. The minimum atomic E-state index is -1.12. The number of benzene rings is 2. The van der Waals surface area contributed by atoms with Crippen LogP contribution >= 0.6 is 0 Å². The van der Waals surface area contributed by atoms with E-state index >= 15 is 0 Å². The molecule has 2 aromatic rings. The molecule has 0 aromatic heterocycles. The highest BCUT2D eigenvalue weighted by molar-refractivity contribution is 6.04. The normalized spacial score (nSPS) is 14.6. The van der Waals surface area contributed by atoms with Crippen LogP contribution in [-0.4, -0.2) is 46.9 Å². The number of hydrogen-bond donors (Lipinski definition) is 2. The molecule has 6 heteroatoms. The van der Waals surface area contributed by atoms with E-state index in [1.54, 1.807) is 12.1 Å². The van der Waals surface area contributed by atoms with Gasteiger partial charge in [0.1, 0.15) is 0 Å². The van der Waals surface area contributed by atoms with Gasteiger partial charge in [0.05, 0.1) is 17.5 Å². The SMILES string of the molecule is O=C(O)c1ccccc1C(=O)NC1CCN(C(=O)Cc2ccccc2)CC1. The van der Waals surface area contributed by atoms with Crippen molar-refractivity contribution in [1.82, 2.24) is 10.2 Å². The van der Waals surface area contributed by atoms with Gasteiger partial charge in [-0.25, -0.2) is 4.79 Å². The molecule has 0 aliphatic carbocycles. The number of likely N-dealkylation sites (tertiary alicyclic amines) is 1. The van der Waals surface area contributed by atoms with Gasteiger partial charge in [0.25, 0.3) is 5.91 Å². The van der Waals surface area contributed by atoms with Crippen LogP contribution in [0, 0.1) is 0 Å². The number of rotatable bonds is 5. The number of carboxylic acid groups (broad SMARTS) is 1. The van der Waals surface area contributed by atoms with Crippen LogP contribution in [0.2, 0.25) is 0 Å². The highest BCUT2D eigenvalue weighted by Gasteiger charge is 2.25. The molecule has 1 aliphatic rings. The van der Waals surface area contributed by atoms with Gasteiger partial charge in [-0.3, -0.25) is 9.59 Å². The standard InChI is InChI=1S/C21H22N2O4/c24-19(14-15-6-2-1-3-7-15)23-12-10-16(11-13-23)22-20(25)17-8-4-5-9-18(17)21(26)27/h1-9,16H,10-14H2,(H,22,25)(H,26,27). The quantitative estimate of drug-likeness (QED) is 0.850. The summed E-state index contributed by atoms with van der Waals surface area (Å²) in [6, 6.07) is 15.7. The van der Waals surface area contributed by atoms with E-state index in [-0.39, 0.29) is 29.0 Å². The van der Waals surface area contributed by atoms with Crippen molar-refractivity contribution >= 4 is 17.8 Å². The largest absolute Gasteiger partial charge is 0.478 e. The molecule has 140 valence electrons. The third kappa shape index (κ3) is 4.73. The molecule has 0 atom stereocenters. The zero-order valence-corrected chi connectivity index (χ0v) is 14.9. The lowest BCUT2D eigenvalue weighted by Gasteiger charge is -2.32. The molecule has 0 bridgehead atoms.